The number of amides is 4. The van der Waals surface area contributed by atoms with Gasteiger partial charge in [-0.1, -0.05) is 12.1 Å². The number of rotatable bonds is 7. The molecule has 2 aromatic carbocycles. The summed E-state index contributed by atoms with van der Waals surface area (Å²) in [6.07, 6.45) is 1.19. The van der Waals surface area contributed by atoms with Crippen LogP contribution >= 0.6 is 0 Å². The maximum absolute atomic E-state index is 12.1. The van der Waals surface area contributed by atoms with E-state index in [-0.39, 0.29) is 12.3 Å². The van der Waals surface area contributed by atoms with Crippen LogP contribution in [0.15, 0.2) is 58.0 Å². The maximum atomic E-state index is 12.1. The third-order valence-electron chi connectivity index (χ3n) is 5.24. The van der Waals surface area contributed by atoms with Gasteiger partial charge in [0.2, 0.25) is 0 Å². The van der Waals surface area contributed by atoms with Gasteiger partial charge in [0.15, 0.2) is 0 Å². The number of carbonyl (C=O) groups is 4. The van der Waals surface area contributed by atoms with Crippen molar-refractivity contribution in [2.75, 3.05) is 17.7 Å². The van der Waals surface area contributed by atoms with Gasteiger partial charge in [-0.2, -0.15) is 5.10 Å². The van der Waals surface area contributed by atoms with E-state index in [2.05, 4.69) is 26.5 Å². The van der Waals surface area contributed by atoms with E-state index < -0.39 is 23.6 Å². The quantitative estimate of drug-likeness (QED) is 0.220. The smallest absolute Gasteiger partial charge is 0.329 e. The molecule has 37 heavy (non-hydrogen) atoms. The Morgan fingerprint density at radius 1 is 0.865 bits per heavy atom. The zero-order valence-corrected chi connectivity index (χ0v) is 20.8. The van der Waals surface area contributed by atoms with Crippen LogP contribution in [0, 0.1) is 20.8 Å². The Morgan fingerprint density at radius 2 is 1.62 bits per heavy atom. The number of nitrogens with zero attached hydrogens (tertiary/aromatic N) is 1. The molecule has 0 atom stereocenters. The monoisotopic (exact) mass is 505 g/mol. The van der Waals surface area contributed by atoms with Crippen molar-refractivity contribution in [1.29, 1.82) is 0 Å². The molecule has 192 valence electrons. The Kier molecular flexibility index (Phi) is 8.76. The summed E-state index contributed by atoms with van der Waals surface area (Å²) >= 11 is 0. The van der Waals surface area contributed by atoms with Crippen molar-refractivity contribution in [2.24, 2.45) is 5.10 Å². The van der Waals surface area contributed by atoms with Gasteiger partial charge in [0, 0.05) is 5.69 Å². The van der Waals surface area contributed by atoms with Crippen LogP contribution in [0.5, 0.6) is 5.75 Å². The lowest BCUT2D eigenvalue weighted by molar-refractivity contribution is -0.136. The second kappa shape index (κ2) is 12.2. The molecule has 3 aromatic rings. The van der Waals surface area contributed by atoms with E-state index in [4.69, 9.17) is 9.15 Å². The molecule has 0 unspecified atom stereocenters. The van der Waals surface area contributed by atoms with E-state index in [1.165, 1.54) is 13.3 Å². The Balaban J connectivity index is 1.46. The van der Waals surface area contributed by atoms with Crippen molar-refractivity contribution in [3.8, 4) is 5.75 Å². The lowest BCUT2D eigenvalue weighted by Crippen LogP contribution is -2.34. The van der Waals surface area contributed by atoms with Crippen LogP contribution in [-0.2, 0) is 25.7 Å². The number of carbonyl (C=O) groups excluding carboxylic acids is 4. The highest BCUT2D eigenvalue weighted by atomic mass is 16.5. The van der Waals surface area contributed by atoms with Gasteiger partial charge < -0.3 is 25.1 Å². The van der Waals surface area contributed by atoms with Crippen molar-refractivity contribution in [2.45, 2.75) is 27.3 Å². The zero-order chi connectivity index (χ0) is 26.9. The summed E-state index contributed by atoms with van der Waals surface area (Å²) in [5, 5.41) is 11.2. The molecule has 0 aliphatic heterocycles. The average molecular weight is 506 g/mol. The number of furan rings is 1. The van der Waals surface area contributed by atoms with E-state index >= 15 is 0 Å². The van der Waals surface area contributed by atoms with Crippen LogP contribution in [0.3, 0.4) is 0 Å². The molecular weight excluding hydrogens is 478 g/mol. The highest BCUT2D eigenvalue weighted by Crippen LogP contribution is 2.25. The molecule has 3 rings (SSSR count). The van der Waals surface area contributed by atoms with Crippen LogP contribution in [0.1, 0.15) is 28.2 Å². The molecule has 1 heterocycles. The second-order valence-electron chi connectivity index (χ2n) is 8.10. The summed E-state index contributed by atoms with van der Waals surface area (Å²) in [5.41, 5.74) is 5.92. The number of ether oxygens (including phenoxy) is 1. The van der Waals surface area contributed by atoms with Crippen molar-refractivity contribution < 1.29 is 28.3 Å². The van der Waals surface area contributed by atoms with Gasteiger partial charge in [-0.05, 0) is 73.9 Å². The summed E-state index contributed by atoms with van der Waals surface area (Å²) in [6.45, 7) is 5.65. The molecule has 0 bridgehead atoms. The summed E-state index contributed by atoms with van der Waals surface area (Å²) in [6, 6.07) is 13.6. The van der Waals surface area contributed by atoms with E-state index in [1.807, 2.05) is 32.9 Å². The zero-order valence-electron chi connectivity index (χ0n) is 20.8. The van der Waals surface area contributed by atoms with Crippen molar-refractivity contribution in [1.82, 2.24) is 10.7 Å². The highest BCUT2D eigenvalue weighted by molar-refractivity contribution is 6.40. The molecular formula is C26H27N5O6. The molecule has 4 amide bonds. The van der Waals surface area contributed by atoms with E-state index in [0.717, 1.165) is 16.7 Å². The molecule has 0 radical (unpaired) electrons. The fraction of sp³-hybridized carbons (Fsp3) is 0.192. The Bertz CT molecular complexity index is 1360. The standard InChI is InChI=1S/C26H27N5O6/c1-15-5-10-22(36-4)21(11-15)30-25(34)26(35)31-28-14-20-9-8-19(37-20)13-27-23(32)24(33)29-18-7-6-16(2)17(3)12-18/h5-12,14H,13H2,1-4H3,(H,27,32)(H,29,33)(H,30,34)(H,31,35)/b28-14+. The summed E-state index contributed by atoms with van der Waals surface area (Å²) < 4.78 is 10.6. The number of hydrogen-bond acceptors (Lipinski definition) is 7. The minimum Gasteiger partial charge on any atom is -0.495 e. The molecule has 11 nitrogen and oxygen atoms in total. The third-order valence-corrected chi connectivity index (χ3v) is 5.24. The van der Waals surface area contributed by atoms with Crippen LogP contribution in [0.25, 0.3) is 0 Å². The molecule has 1 aromatic heterocycles. The van der Waals surface area contributed by atoms with Crippen LogP contribution in [-0.4, -0.2) is 37.0 Å². The molecule has 0 fully saturated rings. The lowest BCUT2D eigenvalue weighted by Gasteiger charge is -2.10. The summed E-state index contributed by atoms with van der Waals surface area (Å²) in [4.78, 5) is 48.4. The van der Waals surface area contributed by atoms with E-state index in [0.29, 0.717) is 22.9 Å². The number of nitrogens with one attached hydrogen (secondary N) is 4. The van der Waals surface area contributed by atoms with Gasteiger partial charge in [-0.3, -0.25) is 19.2 Å². The number of aryl methyl sites for hydroxylation is 3. The van der Waals surface area contributed by atoms with Crippen LogP contribution < -0.4 is 26.1 Å². The summed E-state index contributed by atoms with van der Waals surface area (Å²) in [5.74, 6) is -2.53. The first kappa shape index (κ1) is 26.7. The van der Waals surface area contributed by atoms with E-state index in [9.17, 15) is 19.2 Å². The maximum Gasteiger partial charge on any atom is 0.329 e. The number of hydrogen-bond donors (Lipinski definition) is 4. The molecule has 0 aliphatic rings. The van der Waals surface area contributed by atoms with Crippen molar-refractivity contribution >= 4 is 41.2 Å². The van der Waals surface area contributed by atoms with E-state index in [1.54, 1.807) is 36.4 Å². The minimum absolute atomic E-state index is 0.0416. The van der Waals surface area contributed by atoms with Crippen molar-refractivity contribution in [3.05, 3.63) is 76.7 Å². The fourth-order valence-electron chi connectivity index (χ4n) is 3.12. The number of methoxy groups -OCH3 is 1. The third kappa shape index (κ3) is 7.52. The Labute approximate surface area is 213 Å². The van der Waals surface area contributed by atoms with Gasteiger partial charge in [0.05, 0.1) is 25.6 Å². The Hall–Kier alpha value is -4.93. The molecule has 11 heteroatoms. The molecule has 0 saturated carbocycles. The van der Waals surface area contributed by atoms with Crippen LogP contribution in [0.4, 0.5) is 11.4 Å². The molecule has 4 N–H and O–H groups in total. The van der Waals surface area contributed by atoms with Crippen LogP contribution in [0.2, 0.25) is 0 Å². The second-order valence-corrected chi connectivity index (χ2v) is 8.10. The first-order valence-corrected chi connectivity index (χ1v) is 11.2. The molecule has 0 aliphatic carbocycles. The van der Waals surface area contributed by atoms with Gasteiger partial charge >= 0.3 is 23.6 Å². The highest BCUT2D eigenvalue weighted by Gasteiger charge is 2.16. The minimum atomic E-state index is -0.992. The topological polar surface area (TPSA) is 151 Å². The van der Waals surface area contributed by atoms with Gasteiger partial charge in [0.1, 0.15) is 17.3 Å². The average Bonchev–Trinajstić information content (AvgIpc) is 3.32. The lowest BCUT2D eigenvalue weighted by atomic mass is 10.1. The van der Waals surface area contributed by atoms with Gasteiger partial charge in [-0.25, -0.2) is 5.43 Å². The first-order valence-electron chi connectivity index (χ1n) is 11.2. The SMILES string of the molecule is COc1ccc(C)cc1NC(=O)C(=O)N/N=C/c1ccc(CNC(=O)C(=O)Nc2ccc(C)c(C)c2)o1. The number of anilines is 2. The first-order chi connectivity index (χ1) is 17.7. The number of benzene rings is 2. The predicted octanol–water partition coefficient (Wildman–Crippen LogP) is 2.56. The van der Waals surface area contributed by atoms with Gasteiger partial charge in [0.25, 0.3) is 0 Å². The number of hydrazone groups is 1. The Morgan fingerprint density at radius 3 is 2.35 bits per heavy atom. The summed E-state index contributed by atoms with van der Waals surface area (Å²) in [7, 11) is 1.45. The van der Waals surface area contributed by atoms with Gasteiger partial charge in [-0.15, -0.1) is 0 Å². The fourth-order valence-corrected chi connectivity index (χ4v) is 3.12. The largest absolute Gasteiger partial charge is 0.495 e. The molecule has 0 spiro atoms. The normalized spacial score (nSPS) is 10.6. The molecule has 0 saturated heterocycles. The van der Waals surface area contributed by atoms with Crippen molar-refractivity contribution in [3.63, 3.8) is 0 Å². The predicted molar refractivity (Wildman–Crippen MR) is 137 cm³/mol.